The molecule has 0 radical (unpaired) electrons. The topological polar surface area (TPSA) is 88.4 Å². The summed E-state index contributed by atoms with van der Waals surface area (Å²) in [6, 6.07) is 8.22. The van der Waals surface area contributed by atoms with Crippen molar-refractivity contribution < 1.29 is 9.53 Å². The largest absolute Gasteiger partial charge is 0.497 e. The maximum atomic E-state index is 12.7. The van der Waals surface area contributed by atoms with Crippen LogP contribution in [-0.2, 0) is 4.79 Å². The minimum atomic E-state index is -0.0243. The Morgan fingerprint density at radius 3 is 2.71 bits per heavy atom. The average Bonchev–Trinajstić information content (AvgIpc) is 3.60. The van der Waals surface area contributed by atoms with Crippen LogP contribution in [0.5, 0.6) is 5.75 Å². The molecule has 0 bridgehead atoms. The Morgan fingerprint density at radius 1 is 1.19 bits per heavy atom. The first-order valence-corrected chi connectivity index (χ1v) is 12.1. The number of carbonyl (C=O) groups is 1. The minimum Gasteiger partial charge on any atom is -0.497 e. The molecule has 2 atom stereocenters. The van der Waals surface area contributed by atoms with Crippen LogP contribution in [0.15, 0.2) is 24.3 Å². The van der Waals surface area contributed by atoms with Crippen molar-refractivity contribution in [3.05, 3.63) is 30.1 Å². The van der Waals surface area contributed by atoms with E-state index in [1.807, 2.05) is 45.6 Å². The van der Waals surface area contributed by atoms with Gasteiger partial charge >= 0.3 is 0 Å². The van der Waals surface area contributed by atoms with Crippen LogP contribution in [0.2, 0.25) is 0 Å². The van der Waals surface area contributed by atoms with Gasteiger partial charge in [-0.15, -0.1) is 16.9 Å². The van der Waals surface area contributed by atoms with Crippen LogP contribution < -0.4 is 10.1 Å². The fourth-order valence-electron chi connectivity index (χ4n) is 4.87. The molecule has 3 aliphatic rings. The van der Waals surface area contributed by atoms with Gasteiger partial charge in [-0.3, -0.25) is 9.69 Å². The van der Waals surface area contributed by atoms with Gasteiger partial charge in [-0.25, -0.2) is 0 Å². The van der Waals surface area contributed by atoms with E-state index in [1.54, 1.807) is 7.11 Å². The highest BCUT2D eigenvalue weighted by molar-refractivity contribution is 7.99. The number of nitrogens with one attached hydrogen (secondary N) is 1. The number of nitrogens with zero attached hydrogens (tertiary/aromatic N) is 6. The van der Waals surface area contributed by atoms with Crippen molar-refractivity contribution >= 4 is 17.7 Å². The van der Waals surface area contributed by atoms with Gasteiger partial charge in [0.2, 0.25) is 5.91 Å². The number of piperidine rings is 1. The molecule has 3 saturated heterocycles. The Morgan fingerprint density at radius 2 is 2.00 bits per heavy atom. The molecule has 1 N–H and O–H groups in total. The zero-order valence-corrected chi connectivity index (χ0v) is 18.6. The predicted octanol–water partition coefficient (Wildman–Crippen LogP) is 1.11. The van der Waals surface area contributed by atoms with Crippen LogP contribution >= 0.6 is 11.8 Å². The molecule has 3 aliphatic heterocycles. The lowest BCUT2D eigenvalue weighted by Gasteiger charge is -2.35. The first-order chi connectivity index (χ1) is 15.2. The molecule has 1 aromatic carbocycles. The summed E-state index contributed by atoms with van der Waals surface area (Å²) in [4.78, 5) is 17.2. The van der Waals surface area contributed by atoms with Crippen molar-refractivity contribution in [1.29, 1.82) is 0 Å². The summed E-state index contributed by atoms with van der Waals surface area (Å²) in [5, 5.41) is 16.0. The standard InChI is InChI=1S/C21H29N7O2S/c1-30-18-4-2-16(3-5-18)28-20(23-24-25-28)15-6-8-26(9-7-15)17-12-19(22-13-17)21(29)27-10-11-31-14-27/h2-5,15,17,19,22H,6-14H2,1H3/t17-,19-/m0/s1. The van der Waals surface area contributed by atoms with Gasteiger partial charge in [-0.05, 0) is 67.0 Å². The third kappa shape index (κ3) is 4.28. The maximum absolute atomic E-state index is 12.7. The van der Waals surface area contributed by atoms with Crippen molar-refractivity contribution in [3.63, 3.8) is 0 Å². The summed E-state index contributed by atoms with van der Waals surface area (Å²) in [6.07, 6.45) is 2.96. The van der Waals surface area contributed by atoms with E-state index in [4.69, 9.17) is 4.74 Å². The van der Waals surface area contributed by atoms with Gasteiger partial charge in [0.05, 0.1) is 24.7 Å². The molecule has 1 aromatic heterocycles. The predicted molar refractivity (Wildman–Crippen MR) is 118 cm³/mol. The van der Waals surface area contributed by atoms with Crippen LogP contribution in [0.4, 0.5) is 0 Å². The lowest BCUT2D eigenvalue weighted by Crippen LogP contribution is -2.42. The molecule has 0 saturated carbocycles. The van der Waals surface area contributed by atoms with Crippen molar-refractivity contribution in [1.82, 2.24) is 35.3 Å². The number of hydrogen-bond donors (Lipinski definition) is 1. The van der Waals surface area contributed by atoms with Crippen LogP contribution in [0, 0.1) is 0 Å². The zero-order chi connectivity index (χ0) is 21.2. The number of aromatic nitrogens is 4. The number of likely N-dealkylation sites (tertiary alicyclic amines) is 1. The smallest absolute Gasteiger partial charge is 0.240 e. The van der Waals surface area contributed by atoms with Crippen molar-refractivity contribution in [3.8, 4) is 11.4 Å². The minimum absolute atomic E-state index is 0.0243. The summed E-state index contributed by atoms with van der Waals surface area (Å²) in [5.74, 6) is 4.26. The second-order valence-corrected chi connectivity index (χ2v) is 9.52. The van der Waals surface area contributed by atoms with Crippen LogP contribution in [0.25, 0.3) is 5.69 Å². The van der Waals surface area contributed by atoms with Gasteiger partial charge < -0.3 is 15.0 Å². The summed E-state index contributed by atoms with van der Waals surface area (Å²) < 4.78 is 7.10. The van der Waals surface area contributed by atoms with Crippen molar-refractivity contribution in [2.45, 2.75) is 37.3 Å². The third-order valence-corrected chi connectivity index (χ3v) is 7.66. The molecule has 1 amide bonds. The Bertz CT molecular complexity index is 891. The quantitative estimate of drug-likeness (QED) is 0.735. The van der Waals surface area contributed by atoms with E-state index in [0.29, 0.717) is 12.0 Å². The molecule has 2 aromatic rings. The molecule has 5 rings (SSSR count). The normalized spacial score (nSPS) is 25.3. The number of methoxy groups -OCH3 is 1. The number of amides is 1. The van der Waals surface area contributed by atoms with E-state index in [-0.39, 0.29) is 11.9 Å². The van der Waals surface area contributed by atoms with E-state index < -0.39 is 0 Å². The second kappa shape index (κ2) is 9.13. The maximum Gasteiger partial charge on any atom is 0.240 e. The van der Waals surface area contributed by atoms with Crippen LogP contribution in [0.1, 0.15) is 31.0 Å². The third-order valence-electron chi connectivity index (χ3n) is 6.69. The van der Waals surface area contributed by atoms with Gasteiger partial charge in [0.15, 0.2) is 5.82 Å². The first-order valence-electron chi connectivity index (χ1n) is 11.0. The lowest BCUT2D eigenvalue weighted by molar-refractivity contribution is -0.131. The van der Waals surface area contributed by atoms with Crippen LogP contribution in [0.3, 0.4) is 0 Å². The van der Waals surface area contributed by atoms with Crippen LogP contribution in [-0.4, -0.2) is 92.9 Å². The van der Waals surface area contributed by atoms with Gasteiger partial charge in [0, 0.05) is 30.8 Å². The summed E-state index contributed by atoms with van der Waals surface area (Å²) >= 11 is 1.84. The fraction of sp³-hybridized carbons (Fsp3) is 0.619. The molecule has 166 valence electrons. The van der Waals surface area contributed by atoms with E-state index in [9.17, 15) is 4.79 Å². The zero-order valence-electron chi connectivity index (χ0n) is 17.8. The molecule has 3 fully saturated rings. The second-order valence-electron chi connectivity index (χ2n) is 8.45. The van der Waals surface area contributed by atoms with Gasteiger partial charge in [-0.2, -0.15) is 4.68 Å². The number of benzene rings is 1. The molecular formula is C21H29N7O2S. The average molecular weight is 444 g/mol. The number of tetrazole rings is 1. The lowest BCUT2D eigenvalue weighted by atomic mass is 9.94. The van der Waals surface area contributed by atoms with E-state index in [2.05, 4.69) is 25.7 Å². The molecule has 10 heteroatoms. The van der Waals surface area contributed by atoms with Gasteiger partial charge in [-0.1, -0.05) is 0 Å². The van der Waals surface area contributed by atoms with E-state index >= 15 is 0 Å². The van der Waals surface area contributed by atoms with E-state index in [1.165, 1.54) is 0 Å². The number of ether oxygens (including phenoxy) is 1. The number of rotatable bonds is 5. The molecule has 0 aliphatic carbocycles. The van der Waals surface area contributed by atoms with Gasteiger partial charge in [0.25, 0.3) is 0 Å². The highest BCUT2D eigenvalue weighted by Gasteiger charge is 2.37. The molecular weight excluding hydrogens is 414 g/mol. The molecule has 0 spiro atoms. The Labute approximate surface area is 186 Å². The Balaban J connectivity index is 1.18. The number of hydrogen-bond acceptors (Lipinski definition) is 8. The van der Waals surface area contributed by atoms with E-state index in [0.717, 1.165) is 74.3 Å². The summed E-state index contributed by atoms with van der Waals surface area (Å²) in [5.41, 5.74) is 0.949. The first kappa shape index (κ1) is 20.7. The van der Waals surface area contributed by atoms with Crippen molar-refractivity contribution in [2.75, 3.05) is 44.9 Å². The number of carbonyl (C=O) groups excluding carboxylic acids is 1. The highest BCUT2D eigenvalue weighted by atomic mass is 32.2. The fourth-order valence-corrected chi connectivity index (χ4v) is 5.83. The molecule has 4 heterocycles. The molecule has 0 unspecified atom stereocenters. The SMILES string of the molecule is COc1ccc(-n2nnnc2C2CCN([C@@H]3CN[C@H](C(=O)N4CCSC4)C3)CC2)cc1. The molecule has 31 heavy (non-hydrogen) atoms. The van der Waals surface area contributed by atoms with Crippen molar-refractivity contribution in [2.24, 2.45) is 0 Å². The molecule has 9 nitrogen and oxygen atoms in total. The monoisotopic (exact) mass is 443 g/mol. The summed E-state index contributed by atoms with van der Waals surface area (Å²) in [7, 11) is 1.66. The number of thioether (sulfide) groups is 1. The van der Waals surface area contributed by atoms with Gasteiger partial charge in [0.1, 0.15) is 5.75 Å². The summed E-state index contributed by atoms with van der Waals surface area (Å²) in [6.45, 7) is 3.80. The Kier molecular flexibility index (Phi) is 6.10. The highest BCUT2D eigenvalue weighted by Crippen LogP contribution is 2.30. The Hall–Kier alpha value is -2.17.